The van der Waals surface area contributed by atoms with E-state index in [9.17, 15) is 9.90 Å². The Morgan fingerprint density at radius 2 is 2.24 bits per heavy atom. The Balaban J connectivity index is 2.75. The Morgan fingerprint density at radius 3 is 2.76 bits per heavy atom. The van der Waals surface area contributed by atoms with E-state index < -0.39 is 0 Å². The maximum Gasteiger partial charge on any atom is 0.257 e. The van der Waals surface area contributed by atoms with Crippen LogP contribution in [0.15, 0.2) is 22.7 Å². The molecule has 0 saturated carbocycles. The lowest BCUT2D eigenvalue weighted by Crippen LogP contribution is -2.28. The molecule has 0 bridgehead atoms. The van der Waals surface area contributed by atoms with Gasteiger partial charge in [0.25, 0.3) is 5.91 Å². The standard InChI is InChI=1S/C12H15BrClNO2/c1-8(14)5-6-15(2)12(17)10-4-3-9(13)7-11(10)16/h3-4,7-8,16H,5-6H2,1-2H3. The smallest absolute Gasteiger partial charge is 0.257 e. The molecule has 0 radical (unpaired) electrons. The molecule has 1 aromatic rings. The third kappa shape index (κ3) is 4.21. The number of hydrogen-bond donors (Lipinski definition) is 1. The van der Waals surface area contributed by atoms with Gasteiger partial charge in [-0.1, -0.05) is 15.9 Å². The van der Waals surface area contributed by atoms with Gasteiger partial charge in [0.05, 0.1) is 5.56 Å². The lowest BCUT2D eigenvalue weighted by molar-refractivity contribution is 0.0790. The van der Waals surface area contributed by atoms with Crippen molar-refractivity contribution in [1.82, 2.24) is 4.90 Å². The van der Waals surface area contributed by atoms with Crippen molar-refractivity contribution in [3.05, 3.63) is 28.2 Å². The molecule has 17 heavy (non-hydrogen) atoms. The van der Waals surface area contributed by atoms with E-state index >= 15 is 0 Å². The number of halogens is 2. The second kappa shape index (κ2) is 6.26. The van der Waals surface area contributed by atoms with E-state index in [0.29, 0.717) is 12.1 Å². The fraction of sp³-hybridized carbons (Fsp3) is 0.417. The molecule has 0 aromatic heterocycles. The highest BCUT2D eigenvalue weighted by atomic mass is 79.9. The molecule has 0 spiro atoms. The van der Waals surface area contributed by atoms with Gasteiger partial charge in [-0.15, -0.1) is 11.6 Å². The van der Waals surface area contributed by atoms with Crippen LogP contribution in [0.1, 0.15) is 23.7 Å². The van der Waals surface area contributed by atoms with Crippen molar-refractivity contribution in [2.75, 3.05) is 13.6 Å². The van der Waals surface area contributed by atoms with Crippen LogP contribution in [-0.2, 0) is 0 Å². The summed E-state index contributed by atoms with van der Waals surface area (Å²) in [5, 5.41) is 9.72. The van der Waals surface area contributed by atoms with E-state index in [1.165, 1.54) is 6.07 Å². The van der Waals surface area contributed by atoms with E-state index in [-0.39, 0.29) is 17.0 Å². The van der Waals surface area contributed by atoms with E-state index in [4.69, 9.17) is 11.6 Å². The lowest BCUT2D eigenvalue weighted by Gasteiger charge is -2.18. The quantitative estimate of drug-likeness (QED) is 0.865. The van der Waals surface area contributed by atoms with E-state index in [1.807, 2.05) is 6.92 Å². The van der Waals surface area contributed by atoms with Crippen molar-refractivity contribution in [2.24, 2.45) is 0 Å². The second-order valence-electron chi connectivity index (χ2n) is 3.96. The lowest BCUT2D eigenvalue weighted by atomic mass is 10.1. The van der Waals surface area contributed by atoms with Gasteiger partial charge in [-0.2, -0.15) is 0 Å². The van der Waals surface area contributed by atoms with Crippen molar-refractivity contribution in [2.45, 2.75) is 18.7 Å². The van der Waals surface area contributed by atoms with Crippen LogP contribution in [0.3, 0.4) is 0 Å². The van der Waals surface area contributed by atoms with Gasteiger partial charge in [-0.3, -0.25) is 4.79 Å². The number of aromatic hydroxyl groups is 1. The number of carbonyl (C=O) groups is 1. The molecule has 0 aliphatic carbocycles. The number of rotatable bonds is 4. The van der Waals surface area contributed by atoms with Crippen molar-refractivity contribution < 1.29 is 9.90 Å². The minimum absolute atomic E-state index is 0.0184. The van der Waals surface area contributed by atoms with Gasteiger partial charge in [0.1, 0.15) is 5.75 Å². The van der Waals surface area contributed by atoms with Crippen LogP contribution in [0, 0.1) is 0 Å². The summed E-state index contributed by atoms with van der Waals surface area (Å²) in [4.78, 5) is 13.6. The Hall–Kier alpha value is -0.740. The number of benzene rings is 1. The zero-order valence-electron chi connectivity index (χ0n) is 9.78. The second-order valence-corrected chi connectivity index (χ2v) is 5.62. The van der Waals surface area contributed by atoms with Crippen molar-refractivity contribution in [3.63, 3.8) is 0 Å². The fourth-order valence-corrected chi connectivity index (χ4v) is 1.81. The Kier molecular flexibility index (Phi) is 5.28. The van der Waals surface area contributed by atoms with Crippen LogP contribution in [0.25, 0.3) is 0 Å². The molecular formula is C12H15BrClNO2. The molecular weight excluding hydrogens is 305 g/mol. The number of phenols is 1. The summed E-state index contributed by atoms with van der Waals surface area (Å²) in [6.45, 7) is 2.45. The normalized spacial score (nSPS) is 12.2. The first kappa shape index (κ1) is 14.3. The van der Waals surface area contributed by atoms with Crippen LogP contribution < -0.4 is 0 Å². The molecule has 0 saturated heterocycles. The fourth-order valence-electron chi connectivity index (χ4n) is 1.36. The number of carbonyl (C=O) groups excluding carboxylic acids is 1. The number of nitrogens with zero attached hydrogens (tertiary/aromatic N) is 1. The summed E-state index contributed by atoms with van der Waals surface area (Å²) in [6, 6.07) is 4.83. The topological polar surface area (TPSA) is 40.5 Å². The van der Waals surface area contributed by atoms with Gasteiger partial charge in [-0.05, 0) is 31.5 Å². The van der Waals surface area contributed by atoms with E-state index in [1.54, 1.807) is 24.1 Å². The predicted octanol–water partition coefficient (Wildman–Crippen LogP) is 3.24. The van der Waals surface area contributed by atoms with Crippen LogP contribution in [0.4, 0.5) is 0 Å². The summed E-state index contributed by atoms with van der Waals surface area (Å²) in [7, 11) is 1.70. The summed E-state index contributed by atoms with van der Waals surface area (Å²) in [5.41, 5.74) is 0.304. The minimum atomic E-state index is -0.202. The third-order valence-corrected chi connectivity index (χ3v) is 3.11. The maximum atomic E-state index is 12.0. The Labute approximate surface area is 115 Å². The van der Waals surface area contributed by atoms with Gasteiger partial charge in [0.15, 0.2) is 0 Å². The summed E-state index contributed by atoms with van der Waals surface area (Å²) in [6.07, 6.45) is 0.723. The zero-order chi connectivity index (χ0) is 13.0. The summed E-state index contributed by atoms with van der Waals surface area (Å²) in [5.74, 6) is -0.220. The number of alkyl halides is 1. The number of hydrogen-bond acceptors (Lipinski definition) is 2. The largest absolute Gasteiger partial charge is 0.507 e. The highest BCUT2D eigenvalue weighted by Crippen LogP contribution is 2.23. The maximum absolute atomic E-state index is 12.0. The molecule has 5 heteroatoms. The SMILES string of the molecule is CC(Cl)CCN(C)C(=O)c1ccc(Br)cc1O. The average Bonchev–Trinajstić information content (AvgIpc) is 2.25. The molecule has 1 aromatic carbocycles. The summed E-state index contributed by atoms with van der Waals surface area (Å²) < 4.78 is 0.739. The molecule has 1 unspecified atom stereocenters. The molecule has 0 aliphatic heterocycles. The Bertz CT molecular complexity index is 409. The molecule has 1 atom stereocenters. The van der Waals surface area contributed by atoms with Gasteiger partial charge in [-0.25, -0.2) is 0 Å². The first-order valence-electron chi connectivity index (χ1n) is 5.30. The Morgan fingerprint density at radius 1 is 1.59 bits per heavy atom. The van der Waals surface area contributed by atoms with Gasteiger partial charge < -0.3 is 10.0 Å². The van der Waals surface area contributed by atoms with Crippen molar-refractivity contribution >= 4 is 33.4 Å². The van der Waals surface area contributed by atoms with Gasteiger partial charge in [0.2, 0.25) is 0 Å². The molecule has 0 aliphatic rings. The molecule has 1 amide bonds. The van der Waals surface area contributed by atoms with Crippen LogP contribution in [0.2, 0.25) is 0 Å². The van der Waals surface area contributed by atoms with Crippen LogP contribution >= 0.6 is 27.5 Å². The highest BCUT2D eigenvalue weighted by Gasteiger charge is 2.16. The monoisotopic (exact) mass is 319 g/mol. The van der Waals surface area contributed by atoms with Gasteiger partial charge >= 0.3 is 0 Å². The van der Waals surface area contributed by atoms with E-state index in [2.05, 4.69) is 15.9 Å². The molecule has 94 valence electrons. The van der Waals surface area contributed by atoms with E-state index in [0.717, 1.165) is 10.9 Å². The minimum Gasteiger partial charge on any atom is -0.507 e. The molecule has 0 fully saturated rings. The highest BCUT2D eigenvalue weighted by molar-refractivity contribution is 9.10. The van der Waals surface area contributed by atoms with Gasteiger partial charge in [0, 0.05) is 23.4 Å². The molecule has 3 nitrogen and oxygen atoms in total. The zero-order valence-corrected chi connectivity index (χ0v) is 12.1. The average molecular weight is 321 g/mol. The first-order chi connectivity index (χ1) is 7.91. The summed E-state index contributed by atoms with van der Waals surface area (Å²) >= 11 is 9.06. The number of phenolic OH excluding ortho intramolecular Hbond substituents is 1. The van der Waals surface area contributed by atoms with Crippen LogP contribution in [0.5, 0.6) is 5.75 Å². The molecule has 1 N–H and O–H groups in total. The number of amides is 1. The van der Waals surface area contributed by atoms with Crippen molar-refractivity contribution in [3.8, 4) is 5.75 Å². The van der Waals surface area contributed by atoms with Crippen molar-refractivity contribution in [1.29, 1.82) is 0 Å². The molecule has 0 heterocycles. The predicted molar refractivity (Wildman–Crippen MR) is 72.7 cm³/mol. The molecule has 1 rings (SSSR count). The first-order valence-corrected chi connectivity index (χ1v) is 6.53. The third-order valence-electron chi connectivity index (χ3n) is 2.40. The van der Waals surface area contributed by atoms with Crippen LogP contribution in [-0.4, -0.2) is 34.9 Å².